The molecule has 0 saturated carbocycles. The predicted molar refractivity (Wildman–Crippen MR) is 93.3 cm³/mol. The van der Waals surface area contributed by atoms with E-state index in [4.69, 9.17) is 32.7 Å². The van der Waals surface area contributed by atoms with Gasteiger partial charge in [-0.2, -0.15) is 0 Å². The molecular formula is C16H15Cl2NO3S. The Balaban J connectivity index is 1.91. The van der Waals surface area contributed by atoms with Crippen molar-refractivity contribution in [1.29, 1.82) is 0 Å². The molecule has 0 radical (unpaired) electrons. The molecule has 0 aromatic heterocycles. The zero-order chi connectivity index (χ0) is 16.4. The zero-order valence-corrected chi connectivity index (χ0v) is 14.7. The Hall–Kier alpha value is -1.43. The van der Waals surface area contributed by atoms with Crippen molar-refractivity contribution in [3.8, 4) is 11.5 Å². The van der Waals surface area contributed by atoms with Crippen LogP contribution in [0.1, 0.15) is 12.0 Å². The minimum Gasteiger partial charge on any atom is -0.496 e. The van der Waals surface area contributed by atoms with E-state index in [1.165, 1.54) is 0 Å². The Morgan fingerprint density at radius 3 is 2.78 bits per heavy atom. The number of methoxy groups -OCH3 is 1. The maximum Gasteiger partial charge on any atom is 0.154 e. The Morgan fingerprint density at radius 2 is 2.04 bits per heavy atom. The minimum atomic E-state index is -1.48. The van der Waals surface area contributed by atoms with Gasteiger partial charge in [0.2, 0.25) is 0 Å². The van der Waals surface area contributed by atoms with Crippen molar-refractivity contribution in [2.24, 2.45) is 0 Å². The van der Waals surface area contributed by atoms with Gasteiger partial charge in [0.05, 0.1) is 23.8 Å². The molecule has 2 aromatic carbocycles. The molecule has 0 aliphatic carbocycles. The minimum absolute atomic E-state index is 0.404. The molecule has 0 spiro atoms. The van der Waals surface area contributed by atoms with Gasteiger partial charge in [-0.25, -0.2) is 4.21 Å². The number of ether oxygens (including phenoxy) is 2. The second kappa shape index (κ2) is 6.99. The van der Waals surface area contributed by atoms with Gasteiger partial charge in [0.25, 0.3) is 0 Å². The largest absolute Gasteiger partial charge is 0.496 e. The van der Waals surface area contributed by atoms with Crippen LogP contribution in [0.15, 0.2) is 35.2 Å². The molecule has 1 N–H and O–H groups in total. The van der Waals surface area contributed by atoms with Gasteiger partial charge in [0.15, 0.2) is 11.0 Å². The number of halogens is 2. The van der Waals surface area contributed by atoms with Crippen molar-refractivity contribution in [2.45, 2.75) is 17.7 Å². The van der Waals surface area contributed by atoms with Crippen molar-refractivity contribution in [2.75, 3.05) is 18.4 Å². The van der Waals surface area contributed by atoms with Gasteiger partial charge in [0.1, 0.15) is 16.4 Å². The number of nitrogens with one attached hydrogen (secondary N) is 1. The van der Waals surface area contributed by atoms with Crippen LogP contribution in [0, 0.1) is 0 Å². The second-order valence-electron chi connectivity index (χ2n) is 5.03. The van der Waals surface area contributed by atoms with Crippen LogP contribution >= 0.6 is 23.2 Å². The van der Waals surface area contributed by atoms with Gasteiger partial charge in [0, 0.05) is 11.3 Å². The van der Waals surface area contributed by atoms with Gasteiger partial charge < -0.3 is 14.2 Å². The van der Waals surface area contributed by atoms with Crippen molar-refractivity contribution in [1.82, 2.24) is 0 Å². The molecule has 7 heteroatoms. The van der Waals surface area contributed by atoms with E-state index >= 15 is 0 Å². The van der Waals surface area contributed by atoms with Gasteiger partial charge in [-0.1, -0.05) is 23.2 Å². The number of fused-ring (bicyclic) bond motifs is 1. The van der Waals surface area contributed by atoms with Gasteiger partial charge in [-0.15, -0.1) is 0 Å². The Morgan fingerprint density at radius 1 is 1.22 bits per heavy atom. The van der Waals surface area contributed by atoms with Crippen molar-refractivity contribution in [3.05, 3.63) is 45.9 Å². The first kappa shape index (κ1) is 16.4. The van der Waals surface area contributed by atoms with Crippen LogP contribution in [-0.2, 0) is 17.4 Å². The maximum atomic E-state index is 12.7. The van der Waals surface area contributed by atoms with Crippen LogP contribution < -0.4 is 14.2 Å². The van der Waals surface area contributed by atoms with Gasteiger partial charge in [-0.3, -0.25) is 0 Å². The molecule has 2 aromatic rings. The summed E-state index contributed by atoms with van der Waals surface area (Å²) < 4.78 is 26.7. The molecule has 0 saturated heterocycles. The topological polar surface area (TPSA) is 47.6 Å². The highest BCUT2D eigenvalue weighted by atomic mass is 35.5. The SMILES string of the molecule is COc1ccc(S(=O)Nc2ccc(Cl)c(Cl)c2)c2c1CCCO2. The lowest BCUT2D eigenvalue weighted by molar-refractivity contribution is 0.275. The fourth-order valence-electron chi connectivity index (χ4n) is 2.47. The van der Waals surface area contributed by atoms with E-state index < -0.39 is 11.0 Å². The molecule has 1 atom stereocenters. The van der Waals surface area contributed by atoms with E-state index in [1.807, 2.05) is 6.07 Å². The lowest BCUT2D eigenvalue weighted by atomic mass is 10.1. The molecule has 0 bridgehead atoms. The number of hydrogen-bond donors (Lipinski definition) is 1. The lowest BCUT2D eigenvalue weighted by Gasteiger charge is -2.22. The highest BCUT2D eigenvalue weighted by molar-refractivity contribution is 7.86. The van der Waals surface area contributed by atoms with E-state index in [1.54, 1.807) is 31.4 Å². The summed E-state index contributed by atoms with van der Waals surface area (Å²) >= 11 is 11.9. The van der Waals surface area contributed by atoms with Crippen LogP contribution in [0.2, 0.25) is 10.0 Å². The van der Waals surface area contributed by atoms with E-state index in [2.05, 4.69) is 4.72 Å². The van der Waals surface area contributed by atoms with E-state index in [9.17, 15) is 4.21 Å². The maximum absolute atomic E-state index is 12.7. The molecule has 1 aliphatic rings. The highest BCUT2D eigenvalue weighted by Gasteiger charge is 2.22. The average molecular weight is 372 g/mol. The summed E-state index contributed by atoms with van der Waals surface area (Å²) in [6.45, 7) is 0.608. The van der Waals surface area contributed by atoms with Crippen molar-refractivity contribution < 1.29 is 13.7 Å². The molecule has 23 heavy (non-hydrogen) atoms. The molecule has 3 rings (SSSR count). The summed E-state index contributed by atoms with van der Waals surface area (Å²) in [5, 5.41) is 0.856. The third kappa shape index (κ3) is 3.42. The highest BCUT2D eigenvalue weighted by Crippen LogP contribution is 2.38. The predicted octanol–water partition coefficient (Wildman–Crippen LogP) is 4.46. The summed E-state index contributed by atoms with van der Waals surface area (Å²) in [4.78, 5) is 0.589. The smallest absolute Gasteiger partial charge is 0.154 e. The molecule has 1 heterocycles. The third-order valence-corrected chi connectivity index (χ3v) is 5.43. The van der Waals surface area contributed by atoms with Crippen LogP contribution in [-0.4, -0.2) is 17.9 Å². The van der Waals surface area contributed by atoms with Crippen LogP contribution in [0.25, 0.3) is 0 Å². The number of benzene rings is 2. The average Bonchev–Trinajstić information content (AvgIpc) is 2.57. The summed E-state index contributed by atoms with van der Waals surface area (Å²) in [6.07, 6.45) is 1.76. The molecule has 122 valence electrons. The van der Waals surface area contributed by atoms with Crippen LogP contribution in [0.4, 0.5) is 5.69 Å². The van der Waals surface area contributed by atoms with Crippen LogP contribution in [0.3, 0.4) is 0 Å². The summed E-state index contributed by atoms with van der Waals surface area (Å²) in [7, 11) is 0.139. The first-order valence-corrected chi connectivity index (χ1v) is 8.97. The zero-order valence-electron chi connectivity index (χ0n) is 12.4. The normalized spacial score (nSPS) is 14.6. The van der Waals surface area contributed by atoms with Crippen LogP contribution in [0.5, 0.6) is 11.5 Å². The van der Waals surface area contributed by atoms with E-state index in [0.717, 1.165) is 24.2 Å². The first-order valence-electron chi connectivity index (χ1n) is 7.06. The Kier molecular flexibility index (Phi) is 4.99. The Bertz CT molecular complexity index is 767. The summed E-state index contributed by atoms with van der Waals surface area (Å²) in [6, 6.07) is 8.59. The molecule has 0 amide bonds. The van der Waals surface area contributed by atoms with E-state index in [-0.39, 0.29) is 0 Å². The fraction of sp³-hybridized carbons (Fsp3) is 0.250. The van der Waals surface area contributed by atoms with Gasteiger partial charge in [-0.05, 0) is 43.2 Å². The first-order chi connectivity index (χ1) is 11.1. The number of hydrogen-bond acceptors (Lipinski definition) is 3. The molecule has 1 unspecified atom stereocenters. The standard InChI is InChI=1S/C16H15Cl2NO3S/c1-21-14-6-7-15(16-11(14)3-2-8-22-16)23(20)19-10-4-5-12(17)13(18)9-10/h4-7,9,19H,2-3,8H2,1H3. The van der Waals surface area contributed by atoms with Crippen molar-refractivity contribution in [3.63, 3.8) is 0 Å². The van der Waals surface area contributed by atoms with E-state index in [0.29, 0.717) is 33.0 Å². The lowest BCUT2D eigenvalue weighted by Crippen LogP contribution is -2.14. The molecule has 0 fully saturated rings. The van der Waals surface area contributed by atoms with Crippen molar-refractivity contribution >= 4 is 39.9 Å². The molecular weight excluding hydrogens is 357 g/mol. The summed E-state index contributed by atoms with van der Waals surface area (Å²) in [5.41, 5.74) is 1.58. The summed E-state index contributed by atoms with van der Waals surface area (Å²) in [5.74, 6) is 1.40. The quantitative estimate of drug-likeness (QED) is 0.862. The Labute approximate surface area is 147 Å². The third-order valence-electron chi connectivity index (χ3n) is 3.55. The number of anilines is 1. The molecule has 4 nitrogen and oxygen atoms in total. The van der Waals surface area contributed by atoms with Gasteiger partial charge >= 0.3 is 0 Å². The second-order valence-corrected chi connectivity index (χ2v) is 7.02. The molecule has 1 aliphatic heterocycles. The fourth-order valence-corrected chi connectivity index (χ4v) is 3.76. The number of rotatable bonds is 4. The monoisotopic (exact) mass is 371 g/mol.